The molecule has 0 radical (unpaired) electrons. The number of anilines is 1. The molecule has 0 amide bonds. The first-order valence-electron chi connectivity index (χ1n) is 8.38. The molecule has 3 rings (SSSR count). The third-order valence-corrected chi connectivity index (χ3v) is 5.02. The highest BCUT2D eigenvalue weighted by molar-refractivity contribution is 7.59. The van der Waals surface area contributed by atoms with Gasteiger partial charge in [-0.3, -0.25) is 4.57 Å². The maximum Gasteiger partial charge on any atom is 0.391 e. The third-order valence-electron chi connectivity index (χ3n) is 4.20. The zero-order chi connectivity index (χ0) is 20.1. The third kappa shape index (κ3) is 3.26. The average molecular weight is 399 g/mol. The van der Waals surface area contributed by atoms with Gasteiger partial charge in [0.05, 0.1) is 11.2 Å². The van der Waals surface area contributed by atoms with E-state index in [2.05, 4.69) is 4.98 Å². The molecule has 0 aliphatic carbocycles. The molecule has 0 aliphatic heterocycles. The Morgan fingerprint density at radius 3 is 2.48 bits per heavy atom. The Bertz CT molecular complexity index is 1070. The largest absolute Gasteiger partial charge is 0.445 e. The normalized spacial score (nSPS) is 12.4. The minimum atomic E-state index is -4.58. The van der Waals surface area contributed by atoms with Crippen LogP contribution in [-0.4, -0.2) is 19.3 Å². The number of imidazole rings is 1. The van der Waals surface area contributed by atoms with Crippen LogP contribution in [0.5, 0.6) is 0 Å². The van der Waals surface area contributed by atoms with Crippen molar-refractivity contribution in [1.82, 2.24) is 9.55 Å². The number of aryl methyl sites for hydroxylation is 1. The second kappa shape index (κ2) is 6.74. The maximum atomic E-state index is 14.5. The molecule has 0 saturated carbocycles. The van der Waals surface area contributed by atoms with Crippen LogP contribution in [0.25, 0.3) is 22.6 Å². The lowest BCUT2D eigenvalue weighted by Crippen LogP contribution is -2.09. The van der Waals surface area contributed by atoms with Crippen molar-refractivity contribution in [3.63, 3.8) is 0 Å². The molecule has 0 aliphatic rings. The first-order chi connectivity index (χ1) is 12.6. The summed E-state index contributed by atoms with van der Waals surface area (Å²) in [4.78, 5) is 22.9. The van der Waals surface area contributed by atoms with Crippen molar-refractivity contribution in [2.75, 3.05) is 5.73 Å². The molecule has 10 heteroatoms. The van der Waals surface area contributed by atoms with Crippen LogP contribution < -0.4 is 11.2 Å². The Morgan fingerprint density at radius 1 is 1.30 bits per heavy atom. The number of fused-ring (bicyclic) bond motifs is 1. The van der Waals surface area contributed by atoms with Gasteiger partial charge in [-0.05, 0) is 24.5 Å². The van der Waals surface area contributed by atoms with Gasteiger partial charge in [-0.1, -0.05) is 20.8 Å². The van der Waals surface area contributed by atoms with E-state index in [0.717, 1.165) is 6.07 Å². The van der Waals surface area contributed by atoms with Crippen LogP contribution in [0.4, 0.5) is 14.5 Å². The van der Waals surface area contributed by atoms with E-state index in [9.17, 15) is 23.1 Å². The molecular formula is C17H20F2N3O4P. The number of benzene rings is 1. The van der Waals surface area contributed by atoms with Crippen LogP contribution in [0.2, 0.25) is 0 Å². The molecule has 2 aromatic heterocycles. The Morgan fingerprint density at radius 2 is 1.96 bits per heavy atom. The zero-order valence-electron chi connectivity index (χ0n) is 15.0. The summed E-state index contributed by atoms with van der Waals surface area (Å²) < 4.78 is 47.0. The van der Waals surface area contributed by atoms with Crippen molar-refractivity contribution in [1.29, 1.82) is 0 Å². The number of aromatic nitrogens is 2. The lowest BCUT2D eigenvalue weighted by atomic mass is 10.1. The van der Waals surface area contributed by atoms with Gasteiger partial charge in [0, 0.05) is 12.1 Å². The van der Waals surface area contributed by atoms with E-state index < -0.39 is 30.4 Å². The molecule has 0 unspecified atom stereocenters. The molecular weight excluding hydrogens is 379 g/mol. The van der Waals surface area contributed by atoms with Crippen molar-refractivity contribution in [3.8, 4) is 11.6 Å². The van der Waals surface area contributed by atoms with Gasteiger partial charge in [-0.25, -0.2) is 13.8 Å². The average Bonchev–Trinajstić information content (AvgIpc) is 3.18. The van der Waals surface area contributed by atoms with Crippen LogP contribution in [0, 0.1) is 17.6 Å². The molecule has 4 N–H and O–H groups in total. The summed E-state index contributed by atoms with van der Waals surface area (Å²) in [7, 11) is -4.58. The predicted octanol–water partition coefficient (Wildman–Crippen LogP) is 3.18. The zero-order valence-corrected chi connectivity index (χ0v) is 15.9. The molecule has 7 nitrogen and oxygen atoms in total. The number of furan rings is 1. The fraction of sp³-hybridized carbons (Fsp3) is 0.353. The van der Waals surface area contributed by atoms with E-state index in [-0.39, 0.29) is 35.0 Å². The predicted molar refractivity (Wildman–Crippen MR) is 97.7 cm³/mol. The van der Waals surface area contributed by atoms with Crippen molar-refractivity contribution in [2.45, 2.75) is 33.7 Å². The fourth-order valence-corrected chi connectivity index (χ4v) is 3.55. The van der Waals surface area contributed by atoms with Gasteiger partial charge in [0.25, 0.3) is 0 Å². The fourth-order valence-electron chi connectivity index (χ4n) is 3.06. The summed E-state index contributed by atoms with van der Waals surface area (Å²) in [5.41, 5.74) is 5.42. The van der Waals surface area contributed by atoms with Crippen molar-refractivity contribution in [3.05, 3.63) is 29.3 Å². The number of nitrogens with zero attached hydrogens (tertiary/aromatic N) is 2. The van der Waals surface area contributed by atoms with E-state index in [0.29, 0.717) is 12.1 Å². The van der Waals surface area contributed by atoms with E-state index in [1.54, 1.807) is 11.5 Å². The summed E-state index contributed by atoms with van der Waals surface area (Å²) in [5, 5.41) is 0. The summed E-state index contributed by atoms with van der Waals surface area (Å²) in [6, 6.07) is 2.52. The Labute approximate surface area is 154 Å². The van der Waals surface area contributed by atoms with Crippen LogP contribution in [0.15, 0.2) is 16.5 Å². The van der Waals surface area contributed by atoms with Crippen LogP contribution >= 0.6 is 7.60 Å². The minimum Gasteiger partial charge on any atom is -0.445 e. The monoisotopic (exact) mass is 399 g/mol. The van der Waals surface area contributed by atoms with Gasteiger partial charge in [-0.2, -0.15) is 0 Å². The van der Waals surface area contributed by atoms with Crippen LogP contribution in [-0.2, 0) is 17.5 Å². The molecule has 27 heavy (non-hydrogen) atoms. The highest BCUT2D eigenvalue weighted by Crippen LogP contribution is 2.38. The first kappa shape index (κ1) is 19.5. The maximum absolute atomic E-state index is 14.5. The molecule has 1 aromatic carbocycles. The van der Waals surface area contributed by atoms with E-state index in [1.807, 2.05) is 13.8 Å². The van der Waals surface area contributed by atoms with Crippen molar-refractivity contribution >= 4 is 29.8 Å². The van der Waals surface area contributed by atoms with Gasteiger partial charge in [0.1, 0.15) is 5.52 Å². The van der Waals surface area contributed by atoms with Crippen LogP contribution in [0.1, 0.15) is 26.3 Å². The number of nitrogens with two attached hydrogens (primary N) is 1. The summed E-state index contributed by atoms with van der Waals surface area (Å²) >= 11 is 0. The Balaban J connectivity index is 2.37. The molecule has 3 aromatic rings. The van der Waals surface area contributed by atoms with Crippen molar-refractivity contribution < 1.29 is 27.5 Å². The highest BCUT2D eigenvalue weighted by atomic mass is 31.2. The van der Waals surface area contributed by atoms with Gasteiger partial charge < -0.3 is 24.5 Å². The molecule has 0 saturated heterocycles. The topological polar surface area (TPSA) is 115 Å². The number of rotatable bonds is 5. The summed E-state index contributed by atoms with van der Waals surface area (Å²) in [6.45, 7) is 5.97. The lowest BCUT2D eigenvalue weighted by molar-refractivity contribution is 0.377. The molecule has 0 atom stereocenters. The number of nitrogen functional groups attached to an aromatic ring is 1. The van der Waals surface area contributed by atoms with E-state index in [1.165, 1.54) is 6.07 Å². The quantitative estimate of drug-likeness (QED) is 0.448. The smallest absolute Gasteiger partial charge is 0.391 e. The van der Waals surface area contributed by atoms with Crippen molar-refractivity contribution in [2.24, 2.45) is 5.92 Å². The first-order valence-corrected chi connectivity index (χ1v) is 9.99. The van der Waals surface area contributed by atoms with E-state index in [4.69, 9.17) is 10.2 Å². The van der Waals surface area contributed by atoms with Crippen LogP contribution in [0.3, 0.4) is 0 Å². The van der Waals surface area contributed by atoms with Gasteiger partial charge >= 0.3 is 7.60 Å². The SMILES string of the molecule is CCc1c(F)c(F)c(N)c2nc(-c3ccc(P(=O)(O)O)o3)n(CC(C)C)c12. The second-order valence-electron chi connectivity index (χ2n) is 6.69. The van der Waals surface area contributed by atoms with Gasteiger partial charge in [-0.15, -0.1) is 0 Å². The van der Waals surface area contributed by atoms with Gasteiger partial charge in [0.15, 0.2) is 23.2 Å². The minimum absolute atomic E-state index is 0.0763. The number of hydrogen-bond donors (Lipinski definition) is 3. The second-order valence-corrected chi connectivity index (χ2v) is 8.22. The summed E-state index contributed by atoms with van der Waals surface area (Å²) in [6.07, 6.45) is 0.217. The molecule has 0 fully saturated rings. The standard InChI is InChI=1S/C17H20F2N3O4P/c1-4-9-12(18)13(19)14(20)15-16(9)22(7-8(2)3)17(21-15)10-5-6-11(26-10)27(23,24)25/h5-6,8H,4,7,20H2,1-3H3,(H2,23,24,25). The molecule has 146 valence electrons. The number of halogens is 2. The molecule has 0 spiro atoms. The Kier molecular flexibility index (Phi) is 4.88. The van der Waals surface area contributed by atoms with Gasteiger partial charge in [0.2, 0.25) is 5.50 Å². The molecule has 2 heterocycles. The number of hydrogen-bond acceptors (Lipinski definition) is 4. The lowest BCUT2D eigenvalue weighted by Gasteiger charge is -2.14. The summed E-state index contributed by atoms with van der Waals surface area (Å²) in [5.74, 6) is -1.78. The molecule has 0 bridgehead atoms. The Hall–Kier alpha value is -2.22. The van der Waals surface area contributed by atoms with E-state index >= 15 is 0 Å². The highest BCUT2D eigenvalue weighted by Gasteiger charge is 2.28.